The molecule has 1 aromatic rings. The van der Waals surface area contributed by atoms with Gasteiger partial charge in [-0.1, -0.05) is 49.9 Å². The molecule has 1 saturated carbocycles. The van der Waals surface area contributed by atoms with Crippen molar-refractivity contribution in [2.75, 3.05) is 0 Å². The summed E-state index contributed by atoms with van der Waals surface area (Å²) >= 11 is 0. The van der Waals surface area contributed by atoms with Crippen LogP contribution in [-0.4, -0.2) is 17.1 Å². The molecule has 3 nitrogen and oxygen atoms in total. The molecule has 1 unspecified atom stereocenters. The molecule has 0 heterocycles. The normalized spacial score (nSPS) is 18.8. The van der Waals surface area contributed by atoms with Crippen LogP contribution < -0.4 is 5.73 Å². The third kappa shape index (κ3) is 4.06. The highest BCUT2D eigenvalue weighted by molar-refractivity contribution is 5.73. The van der Waals surface area contributed by atoms with Gasteiger partial charge in [0.25, 0.3) is 0 Å². The predicted molar refractivity (Wildman–Crippen MR) is 76.2 cm³/mol. The Balaban J connectivity index is 1.99. The fourth-order valence-electron chi connectivity index (χ4n) is 2.88. The molecule has 1 aliphatic carbocycles. The van der Waals surface area contributed by atoms with Gasteiger partial charge in [0.15, 0.2) is 0 Å². The highest BCUT2D eigenvalue weighted by Gasteiger charge is 2.15. The fraction of sp³-hybridized carbons (Fsp3) is 0.562. The van der Waals surface area contributed by atoms with Crippen LogP contribution in [0.25, 0.3) is 0 Å². The Hall–Kier alpha value is -1.35. The number of hydrogen-bond acceptors (Lipinski definition) is 2. The lowest BCUT2D eigenvalue weighted by molar-refractivity contribution is -0.138. The summed E-state index contributed by atoms with van der Waals surface area (Å²) in [6.07, 6.45) is 8.36. The molecule has 1 aliphatic rings. The van der Waals surface area contributed by atoms with Crippen LogP contribution in [0.2, 0.25) is 0 Å². The molecule has 1 aromatic carbocycles. The van der Waals surface area contributed by atoms with Gasteiger partial charge in [0, 0.05) is 0 Å². The molecule has 0 bridgehead atoms. The van der Waals surface area contributed by atoms with E-state index in [2.05, 4.69) is 12.1 Å². The zero-order valence-corrected chi connectivity index (χ0v) is 11.3. The van der Waals surface area contributed by atoms with Crippen LogP contribution in [0, 0.1) is 0 Å². The van der Waals surface area contributed by atoms with Crippen molar-refractivity contribution in [3.8, 4) is 0 Å². The Labute approximate surface area is 114 Å². The largest absolute Gasteiger partial charge is 0.480 e. The minimum atomic E-state index is -0.937. The van der Waals surface area contributed by atoms with Crippen LogP contribution in [-0.2, 0) is 11.2 Å². The summed E-state index contributed by atoms with van der Waals surface area (Å²) in [5, 5.41) is 8.81. The number of nitrogens with two attached hydrogens (primary N) is 1. The SMILES string of the molecule is NC(Cc1ccc(C2CCCCCC2)cc1)C(=O)O. The Morgan fingerprint density at radius 1 is 1.16 bits per heavy atom. The van der Waals surface area contributed by atoms with Crippen LogP contribution in [0.1, 0.15) is 55.6 Å². The topological polar surface area (TPSA) is 63.3 Å². The second-order valence-corrected chi connectivity index (χ2v) is 5.58. The number of aliphatic carboxylic acids is 1. The summed E-state index contributed by atoms with van der Waals surface area (Å²) in [6, 6.07) is 7.56. The van der Waals surface area contributed by atoms with E-state index in [4.69, 9.17) is 10.8 Å². The molecule has 1 fully saturated rings. The number of benzene rings is 1. The quantitative estimate of drug-likeness (QED) is 0.819. The molecule has 3 N–H and O–H groups in total. The van der Waals surface area contributed by atoms with Crippen molar-refractivity contribution in [1.82, 2.24) is 0 Å². The molecule has 2 rings (SSSR count). The van der Waals surface area contributed by atoms with Crippen LogP contribution in [0.5, 0.6) is 0 Å². The summed E-state index contributed by atoms with van der Waals surface area (Å²) in [5.41, 5.74) is 7.95. The maximum Gasteiger partial charge on any atom is 0.320 e. The number of rotatable bonds is 4. The van der Waals surface area contributed by atoms with Crippen molar-refractivity contribution < 1.29 is 9.90 Å². The Bertz CT molecular complexity index is 405. The van der Waals surface area contributed by atoms with E-state index < -0.39 is 12.0 Å². The van der Waals surface area contributed by atoms with Crippen molar-refractivity contribution in [3.63, 3.8) is 0 Å². The van der Waals surface area contributed by atoms with E-state index in [1.807, 2.05) is 12.1 Å². The summed E-state index contributed by atoms with van der Waals surface area (Å²) in [7, 11) is 0. The third-order valence-corrected chi connectivity index (χ3v) is 4.08. The first-order chi connectivity index (χ1) is 9.16. The van der Waals surface area contributed by atoms with E-state index in [-0.39, 0.29) is 0 Å². The van der Waals surface area contributed by atoms with Gasteiger partial charge in [0.05, 0.1) is 0 Å². The van der Waals surface area contributed by atoms with E-state index in [0.29, 0.717) is 12.3 Å². The second kappa shape index (κ2) is 6.71. The Kier molecular flexibility index (Phi) is 4.97. The fourth-order valence-corrected chi connectivity index (χ4v) is 2.88. The monoisotopic (exact) mass is 261 g/mol. The molecule has 0 amide bonds. The van der Waals surface area contributed by atoms with E-state index in [1.54, 1.807) is 0 Å². The molecule has 0 saturated heterocycles. The molecule has 0 radical (unpaired) electrons. The van der Waals surface area contributed by atoms with Gasteiger partial charge in [-0.15, -0.1) is 0 Å². The summed E-state index contributed by atoms with van der Waals surface area (Å²) < 4.78 is 0. The van der Waals surface area contributed by atoms with Gasteiger partial charge >= 0.3 is 5.97 Å². The highest BCUT2D eigenvalue weighted by Crippen LogP contribution is 2.31. The van der Waals surface area contributed by atoms with Crippen LogP contribution in [0.15, 0.2) is 24.3 Å². The summed E-state index contributed by atoms with van der Waals surface area (Å²) in [4.78, 5) is 10.7. The number of carboxylic acid groups (broad SMARTS) is 1. The molecule has 1 atom stereocenters. The van der Waals surface area contributed by atoms with Gasteiger partial charge in [-0.25, -0.2) is 0 Å². The Morgan fingerprint density at radius 3 is 2.26 bits per heavy atom. The first kappa shape index (κ1) is 14.1. The maximum absolute atomic E-state index is 10.7. The average Bonchev–Trinajstić information content (AvgIpc) is 2.68. The first-order valence-electron chi connectivity index (χ1n) is 7.24. The lowest BCUT2D eigenvalue weighted by Gasteiger charge is -2.15. The molecule has 3 heteroatoms. The average molecular weight is 261 g/mol. The number of hydrogen-bond donors (Lipinski definition) is 2. The molecule has 0 aliphatic heterocycles. The summed E-state index contributed by atoms with van der Waals surface area (Å²) in [6.45, 7) is 0. The van der Waals surface area contributed by atoms with E-state index in [1.165, 1.54) is 44.1 Å². The van der Waals surface area contributed by atoms with E-state index in [0.717, 1.165) is 5.56 Å². The van der Waals surface area contributed by atoms with Crippen molar-refractivity contribution in [1.29, 1.82) is 0 Å². The molecular formula is C16H23NO2. The summed E-state index contributed by atoms with van der Waals surface area (Å²) in [5.74, 6) is -0.252. The van der Waals surface area contributed by atoms with Crippen molar-refractivity contribution >= 4 is 5.97 Å². The van der Waals surface area contributed by atoms with Crippen molar-refractivity contribution in [2.45, 2.75) is 56.9 Å². The van der Waals surface area contributed by atoms with Gasteiger partial charge in [0.2, 0.25) is 0 Å². The lowest BCUT2D eigenvalue weighted by Crippen LogP contribution is -2.32. The third-order valence-electron chi connectivity index (χ3n) is 4.08. The smallest absolute Gasteiger partial charge is 0.320 e. The molecule has 19 heavy (non-hydrogen) atoms. The molecule has 104 valence electrons. The van der Waals surface area contributed by atoms with E-state index in [9.17, 15) is 4.79 Å². The Morgan fingerprint density at radius 2 is 1.74 bits per heavy atom. The lowest BCUT2D eigenvalue weighted by atomic mass is 9.91. The van der Waals surface area contributed by atoms with Crippen LogP contribution in [0.4, 0.5) is 0 Å². The zero-order valence-electron chi connectivity index (χ0n) is 11.3. The molecular weight excluding hydrogens is 238 g/mol. The second-order valence-electron chi connectivity index (χ2n) is 5.58. The van der Waals surface area contributed by atoms with Gasteiger partial charge in [-0.3, -0.25) is 4.79 Å². The van der Waals surface area contributed by atoms with Crippen molar-refractivity contribution in [2.24, 2.45) is 5.73 Å². The number of carbonyl (C=O) groups is 1. The van der Waals surface area contributed by atoms with Gasteiger partial charge < -0.3 is 10.8 Å². The predicted octanol–water partition coefficient (Wildman–Crippen LogP) is 3.08. The standard InChI is InChI=1S/C16H23NO2/c17-15(16(18)19)11-12-7-9-14(10-8-12)13-5-3-1-2-4-6-13/h7-10,13,15H,1-6,11,17H2,(H,18,19). The van der Waals surface area contributed by atoms with Gasteiger partial charge in [0.1, 0.15) is 6.04 Å². The van der Waals surface area contributed by atoms with Crippen LogP contribution in [0.3, 0.4) is 0 Å². The molecule has 0 spiro atoms. The van der Waals surface area contributed by atoms with Crippen LogP contribution >= 0.6 is 0 Å². The van der Waals surface area contributed by atoms with Gasteiger partial charge in [-0.05, 0) is 36.3 Å². The highest BCUT2D eigenvalue weighted by atomic mass is 16.4. The first-order valence-corrected chi connectivity index (χ1v) is 7.24. The number of carboxylic acids is 1. The minimum Gasteiger partial charge on any atom is -0.480 e. The van der Waals surface area contributed by atoms with Gasteiger partial charge in [-0.2, -0.15) is 0 Å². The maximum atomic E-state index is 10.7. The minimum absolute atomic E-state index is 0.403. The van der Waals surface area contributed by atoms with E-state index >= 15 is 0 Å². The van der Waals surface area contributed by atoms with Crippen molar-refractivity contribution in [3.05, 3.63) is 35.4 Å². The molecule has 0 aromatic heterocycles. The zero-order chi connectivity index (χ0) is 13.7.